The number of hydrogen-bond donors (Lipinski definition) is 0. The normalized spacial score (nSPS) is 12.1. The minimum Gasteiger partial charge on any atom is -0.456 e. The van der Waals surface area contributed by atoms with Gasteiger partial charge in [-0.1, -0.05) is 84.9 Å². The van der Waals surface area contributed by atoms with Crippen molar-refractivity contribution in [3.8, 4) is 11.1 Å². The van der Waals surface area contributed by atoms with Crippen molar-refractivity contribution in [3.05, 3.63) is 108 Å². The molecule has 0 N–H and O–H groups in total. The van der Waals surface area contributed by atoms with Crippen molar-refractivity contribution in [1.82, 2.24) is 0 Å². The van der Waals surface area contributed by atoms with Gasteiger partial charge in [-0.2, -0.15) is 0 Å². The smallest absolute Gasteiger partial charge is 0.143 e. The highest BCUT2D eigenvalue weighted by Gasteiger charge is 2.19. The molecule has 2 heterocycles. The third-order valence-electron chi connectivity index (χ3n) is 7.13. The van der Waals surface area contributed by atoms with Crippen molar-refractivity contribution in [1.29, 1.82) is 0 Å². The van der Waals surface area contributed by atoms with Crippen LogP contribution < -0.4 is 0 Å². The van der Waals surface area contributed by atoms with E-state index in [1.807, 2.05) is 18.2 Å². The topological polar surface area (TPSA) is 26.3 Å². The van der Waals surface area contributed by atoms with Crippen LogP contribution in [0.25, 0.3) is 76.5 Å². The molecule has 0 aliphatic rings. The average molecular weight is 513 g/mol. The van der Waals surface area contributed by atoms with E-state index in [0.717, 1.165) is 53.9 Å². The lowest BCUT2D eigenvalue weighted by Gasteiger charge is -2.14. The summed E-state index contributed by atoms with van der Waals surface area (Å²) in [5.41, 5.74) is 5.84. The van der Waals surface area contributed by atoms with E-state index < -0.39 is 0 Å². The maximum Gasteiger partial charge on any atom is 0.143 e. The van der Waals surface area contributed by atoms with Crippen molar-refractivity contribution >= 4 is 81.4 Å². The first-order valence-electron chi connectivity index (χ1n) is 11.6. The number of halogens is 1. The Labute approximate surface area is 208 Å². The van der Waals surface area contributed by atoms with Gasteiger partial charge in [-0.25, -0.2) is 0 Å². The molecule has 0 aliphatic heterocycles. The second kappa shape index (κ2) is 6.97. The monoisotopic (exact) mass is 512 g/mol. The predicted octanol–water partition coefficient (Wildman–Crippen LogP) is 10.2. The zero-order valence-corrected chi connectivity index (χ0v) is 20.1. The number of rotatable bonds is 1. The molecule has 0 saturated heterocycles. The first kappa shape index (κ1) is 19.2. The Kier molecular flexibility index (Phi) is 3.83. The van der Waals surface area contributed by atoms with Crippen LogP contribution in [-0.2, 0) is 0 Å². The van der Waals surface area contributed by atoms with Crippen LogP contribution in [0.3, 0.4) is 0 Å². The van der Waals surface area contributed by atoms with E-state index in [-0.39, 0.29) is 0 Å². The maximum atomic E-state index is 6.64. The van der Waals surface area contributed by atoms with Gasteiger partial charge in [-0.05, 0) is 55.7 Å². The van der Waals surface area contributed by atoms with Crippen LogP contribution in [0.4, 0.5) is 0 Å². The second-order valence-electron chi connectivity index (χ2n) is 9.01. The molecule has 3 heteroatoms. The summed E-state index contributed by atoms with van der Waals surface area (Å²) in [5.74, 6) is 0. The molecule has 35 heavy (non-hydrogen) atoms. The van der Waals surface area contributed by atoms with Crippen molar-refractivity contribution < 1.29 is 8.83 Å². The summed E-state index contributed by atoms with van der Waals surface area (Å²) in [4.78, 5) is 0. The molecule has 0 aliphatic carbocycles. The Balaban J connectivity index is 1.53. The molecule has 0 radical (unpaired) electrons. The van der Waals surface area contributed by atoms with Gasteiger partial charge in [0, 0.05) is 37.1 Å². The summed E-state index contributed by atoms with van der Waals surface area (Å²) in [6.07, 6.45) is 0. The van der Waals surface area contributed by atoms with Crippen LogP contribution in [-0.4, -0.2) is 0 Å². The van der Waals surface area contributed by atoms with Gasteiger partial charge >= 0.3 is 0 Å². The molecule has 0 fully saturated rings. The molecule has 0 saturated carbocycles. The number of fused-ring (bicyclic) bond motifs is 8. The Bertz CT molecular complexity index is 2070. The van der Waals surface area contributed by atoms with Crippen LogP contribution in [0.1, 0.15) is 0 Å². The number of furan rings is 2. The fourth-order valence-corrected chi connectivity index (χ4v) is 6.27. The van der Waals surface area contributed by atoms with Gasteiger partial charge in [0.2, 0.25) is 0 Å². The highest BCUT2D eigenvalue weighted by molar-refractivity contribution is 9.10. The largest absolute Gasteiger partial charge is 0.456 e. The van der Waals surface area contributed by atoms with Gasteiger partial charge in [-0.15, -0.1) is 0 Å². The zero-order chi connectivity index (χ0) is 23.1. The molecule has 0 unspecified atom stereocenters. The third-order valence-corrected chi connectivity index (χ3v) is 7.99. The molecule has 2 aromatic heterocycles. The first-order valence-corrected chi connectivity index (χ1v) is 12.4. The van der Waals surface area contributed by atoms with Gasteiger partial charge in [0.05, 0.1) is 0 Å². The van der Waals surface area contributed by atoms with Crippen molar-refractivity contribution in [3.63, 3.8) is 0 Å². The number of benzene rings is 6. The van der Waals surface area contributed by atoms with Gasteiger partial charge in [-0.3, -0.25) is 0 Å². The number of para-hydroxylation sites is 2. The molecule has 8 rings (SSSR count). The summed E-state index contributed by atoms with van der Waals surface area (Å²) < 4.78 is 13.9. The Hall–Kier alpha value is -4.08. The van der Waals surface area contributed by atoms with Gasteiger partial charge < -0.3 is 8.83 Å². The average Bonchev–Trinajstić information content (AvgIpc) is 3.45. The van der Waals surface area contributed by atoms with Gasteiger partial charge in [0.25, 0.3) is 0 Å². The third kappa shape index (κ3) is 2.59. The van der Waals surface area contributed by atoms with Crippen molar-refractivity contribution in [2.45, 2.75) is 0 Å². The van der Waals surface area contributed by atoms with E-state index >= 15 is 0 Å². The van der Waals surface area contributed by atoms with Crippen molar-refractivity contribution in [2.24, 2.45) is 0 Å². The van der Waals surface area contributed by atoms with E-state index in [1.54, 1.807) is 0 Å². The van der Waals surface area contributed by atoms with E-state index in [9.17, 15) is 0 Å². The molecule has 8 aromatic rings. The number of hydrogen-bond acceptors (Lipinski definition) is 2. The lowest BCUT2D eigenvalue weighted by molar-refractivity contribution is 0.664. The minimum absolute atomic E-state index is 0.872. The SMILES string of the molecule is Brc1c2ccccc2c(-c2cccc3c2oc2cc4c(cc23)oc2ccccc24)c2ccccc12. The van der Waals surface area contributed by atoms with E-state index in [4.69, 9.17) is 8.83 Å². The maximum absolute atomic E-state index is 6.64. The van der Waals surface area contributed by atoms with Crippen LogP contribution >= 0.6 is 15.9 Å². The summed E-state index contributed by atoms with van der Waals surface area (Å²) in [7, 11) is 0. The second-order valence-corrected chi connectivity index (χ2v) is 9.80. The van der Waals surface area contributed by atoms with E-state index in [2.05, 4.69) is 101 Å². The zero-order valence-electron chi connectivity index (χ0n) is 18.5. The molecule has 0 spiro atoms. The van der Waals surface area contributed by atoms with Gasteiger partial charge in [0.1, 0.15) is 22.3 Å². The highest BCUT2D eigenvalue weighted by atomic mass is 79.9. The quantitative estimate of drug-likeness (QED) is 0.204. The van der Waals surface area contributed by atoms with E-state index in [0.29, 0.717) is 0 Å². The summed E-state index contributed by atoms with van der Waals surface area (Å²) in [5, 5.41) is 9.13. The fourth-order valence-electron chi connectivity index (χ4n) is 5.58. The molecule has 0 amide bonds. The highest BCUT2D eigenvalue weighted by Crippen LogP contribution is 2.45. The lowest BCUT2D eigenvalue weighted by atomic mass is 9.91. The van der Waals surface area contributed by atoms with Crippen LogP contribution in [0, 0.1) is 0 Å². The first-order chi connectivity index (χ1) is 17.3. The van der Waals surface area contributed by atoms with Crippen LogP contribution in [0.5, 0.6) is 0 Å². The molecular weight excluding hydrogens is 496 g/mol. The molecule has 0 atom stereocenters. The molecule has 0 bridgehead atoms. The van der Waals surface area contributed by atoms with Gasteiger partial charge in [0.15, 0.2) is 0 Å². The van der Waals surface area contributed by atoms with Crippen molar-refractivity contribution in [2.75, 3.05) is 0 Å². The molecule has 2 nitrogen and oxygen atoms in total. The lowest BCUT2D eigenvalue weighted by Crippen LogP contribution is -1.88. The van der Waals surface area contributed by atoms with Crippen LogP contribution in [0.2, 0.25) is 0 Å². The van der Waals surface area contributed by atoms with E-state index in [1.165, 1.54) is 27.1 Å². The molecule has 164 valence electrons. The molecular formula is C32H17BrO2. The summed E-state index contributed by atoms with van der Waals surface area (Å²) >= 11 is 3.87. The summed E-state index contributed by atoms with van der Waals surface area (Å²) in [6, 6.07) is 36.0. The molecule has 6 aromatic carbocycles. The predicted molar refractivity (Wildman–Crippen MR) is 149 cm³/mol. The summed E-state index contributed by atoms with van der Waals surface area (Å²) in [6.45, 7) is 0. The fraction of sp³-hybridized carbons (Fsp3) is 0. The Morgan fingerprint density at radius 2 is 0.971 bits per heavy atom. The minimum atomic E-state index is 0.872. The standard InChI is InChI=1S/C32H17BrO2/c33-31-21-11-3-1-9-19(21)30(20-10-2-4-12-22(20)31)24-14-7-13-23-26-17-28-25(16-29(26)35-32(23)24)18-8-5-6-15-27(18)34-28/h1-17H. The Morgan fingerprint density at radius 1 is 0.429 bits per heavy atom. The Morgan fingerprint density at radius 3 is 1.69 bits per heavy atom. The van der Waals surface area contributed by atoms with Crippen LogP contribution in [0.15, 0.2) is 116 Å².